The van der Waals surface area contributed by atoms with E-state index in [0.29, 0.717) is 5.02 Å². The molecule has 0 saturated carbocycles. The summed E-state index contributed by atoms with van der Waals surface area (Å²) >= 11 is 6.06. The number of aromatic nitrogens is 2. The Bertz CT molecular complexity index is 341. The van der Waals surface area contributed by atoms with Gasteiger partial charge in [-0.15, -0.1) is 0 Å². The van der Waals surface area contributed by atoms with Crippen LogP contribution >= 0.6 is 11.6 Å². The van der Waals surface area contributed by atoms with Crippen LogP contribution in [0.4, 0.5) is 0 Å². The van der Waals surface area contributed by atoms with E-state index in [9.17, 15) is 5.11 Å². The molecule has 0 bridgehead atoms. The van der Waals surface area contributed by atoms with Crippen molar-refractivity contribution in [2.45, 2.75) is 53.2 Å². The standard InChI is InChI=1S/C12H21ClN2O/c1-5-15-10(9(13)8-14-15)6-7-11(16)12(2,3)4/h8,11,16H,5-7H2,1-4H3. The maximum Gasteiger partial charge on any atom is 0.0817 e. The molecule has 0 amide bonds. The number of aliphatic hydroxyl groups excluding tert-OH is 1. The highest BCUT2D eigenvalue weighted by molar-refractivity contribution is 6.31. The summed E-state index contributed by atoms with van der Waals surface area (Å²) in [5.41, 5.74) is 0.941. The number of hydrogen-bond donors (Lipinski definition) is 1. The second kappa shape index (κ2) is 5.19. The molecule has 1 aromatic rings. The van der Waals surface area contributed by atoms with Crippen LogP contribution in [0.3, 0.4) is 0 Å². The monoisotopic (exact) mass is 244 g/mol. The van der Waals surface area contributed by atoms with Crippen molar-refractivity contribution in [3.8, 4) is 0 Å². The molecule has 0 saturated heterocycles. The van der Waals surface area contributed by atoms with Gasteiger partial charge >= 0.3 is 0 Å². The number of hydrogen-bond acceptors (Lipinski definition) is 2. The fraction of sp³-hybridized carbons (Fsp3) is 0.750. The molecular formula is C12H21ClN2O. The topological polar surface area (TPSA) is 38.0 Å². The third-order valence-electron chi connectivity index (χ3n) is 2.85. The molecule has 1 aromatic heterocycles. The van der Waals surface area contributed by atoms with Crippen LogP contribution < -0.4 is 0 Å². The predicted octanol–water partition coefficient (Wildman–Crippen LogP) is 2.90. The molecule has 4 heteroatoms. The van der Waals surface area contributed by atoms with Crippen LogP contribution in [-0.4, -0.2) is 21.0 Å². The molecule has 0 fully saturated rings. The number of aliphatic hydroxyl groups is 1. The third kappa shape index (κ3) is 3.22. The van der Waals surface area contributed by atoms with Crippen molar-refractivity contribution in [1.29, 1.82) is 0 Å². The van der Waals surface area contributed by atoms with Gasteiger partial charge in [-0.1, -0.05) is 32.4 Å². The minimum Gasteiger partial charge on any atom is -0.393 e. The Hall–Kier alpha value is -0.540. The first-order valence-electron chi connectivity index (χ1n) is 5.74. The zero-order chi connectivity index (χ0) is 12.3. The maximum absolute atomic E-state index is 9.97. The first-order chi connectivity index (χ1) is 7.36. The molecule has 0 aliphatic heterocycles. The van der Waals surface area contributed by atoms with Crippen molar-refractivity contribution in [1.82, 2.24) is 9.78 Å². The van der Waals surface area contributed by atoms with Gasteiger partial charge in [-0.3, -0.25) is 4.68 Å². The summed E-state index contributed by atoms with van der Waals surface area (Å²) < 4.78 is 1.89. The summed E-state index contributed by atoms with van der Waals surface area (Å²) in [4.78, 5) is 0. The van der Waals surface area contributed by atoms with E-state index in [4.69, 9.17) is 11.6 Å². The average Bonchev–Trinajstić information content (AvgIpc) is 2.54. The quantitative estimate of drug-likeness (QED) is 0.885. The van der Waals surface area contributed by atoms with Crippen molar-refractivity contribution in [3.63, 3.8) is 0 Å². The lowest BCUT2D eigenvalue weighted by molar-refractivity contribution is 0.0555. The third-order valence-corrected chi connectivity index (χ3v) is 3.17. The van der Waals surface area contributed by atoms with E-state index in [0.717, 1.165) is 25.1 Å². The lowest BCUT2D eigenvalue weighted by Crippen LogP contribution is -2.26. The Labute approximate surface area is 102 Å². The smallest absolute Gasteiger partial charge is 0.0817 e. The SMILES string of the molecule is CCn1ncc(Cl)c1CCC(O)C(C)(C)C. The van der Waals surface area contributed by atoms with Gasteiger partial charge in [0.05, 0.1) is 23.0 Å². The van der Waals surface area contributed by atoms with Gasteiger partial charge in [-0.05, 0) is 25.2 Å². The second-order valence-corrected chi connectivity index (χ2v) is 5.58. The van der Waals surface area contributed by atoms with Crippen molar-refractivity contribution in [2.24, 2.45) is 5.41 Å². The van der Waals surface area contributed by atoms with E-state index in [1.807, 2.05) is 32.4 Å². The van der Waals surface area contributed by atoms with Gasteiger partial charge in [0.25, 0.3) is 0 Å². The Morgan fingerprint density at radius 2 is 2.12 bits per heavy atom. The summed E-state index contributed by atoms with van der Waals surface area (Å²) in [6.45, 7) is 8.96. The molecular weight excluding hydrogens is 224 g/mol. The van der Waals surface area contributed by atoms with E-state index in [1.54, 1.807) is 6.20 Å². The molecule has 1 unspecified atom stereocenters. The van der Waals surface area contributed by atoms with Crippen LogP contribution in [0, 0.1) is 5.41 Å². The molecule has 0 aromatic carbocycles. The number of nitrogens with zero attached hydrogens (tertiary/aromatic N) is 2. The molecule has 0 aliphatic carbocycles. The minimum atomic E-state index is -0.316. The number of aryl methyl sites for hydroxylation is 1. The van der Waals surface area contributed by atoms with E-state index >= 15 is 0 Å². The van der Waals surface area contributed by atoms with Crippen LogP contribution in [0.2, 0.25) is 5.02 Å². The fourth-order valence-corrected chi connectivity index (χ4v) is 1.85. The first kappa shape index (κ1) is 13.5. The van der Waals surface area contributed by atoms with Crippen molar-refractivity contribution >= 4 is 11.6 Å². The van der Waals surface area contributed by atoms with E-state index < -0.39 is 0 Å². The second-order valence-electron chi connectivity index (χ2n) is 5.18. The van der Waals surface area contributed by atoms with Gasteiger partial charge in [0, 0.05) is 6.54 Å². The number of halogens is 1. The lowest BCUT2D eigenvalue weighted by atomic mass is 9.86. The zero-order valence-corrected chi connectivity index (χ0v) is 11.3. The summed E-state index contributed by atoms with van der Waals surface area (Å²) in [6.07, 6.45) is 2.84. The van der Waals surface area contributed by atoms with Crippen molar-refractivity contribution < 1.29 is 5.11 Å². The molecule has 0 radical (unpaired) electrons. The fourth-order valence-electron chi connectivity index (χ4n) is 1.62. The molecule has 1 atom stereocenters. The van der Waals surface area contributed by atoms with E-state index in [1.165, 1.54) is 0 Å². The van der Waals surface area contributed by atoms with E-state index in [2.05, 4.69) is 5.10 Å². The predicted molar refractivity (Wildman–Crippen MR) is 66.7 cm³/mol. The summed E-state index contributed by atoms with van der Waals surface area (Å²) in [5, 5.41) is 14.8. The van der Waals surface area contributed by atoms with Crippen LogP contribution in [-0.2, 0) is 13.0 Å². The molecule has 0 spiro atoms. The Morgan fingerprint density at radius 3 is 2.62 bits per heavy atom. The molecule has 92 valence electrons. The van der Waals surface area contributed by atoms with Crippen molar-refractivity contribution in [2.75, 3.05) is 0 Å². The van der Waals surface area contributed by atoms with Crippen LogP contribution in [0.5, 0.6) is 0 Å². The zero-order valence-electron chi connectivity index (χ0n) is 10.5. The Kier molecular flexibility index (Phi) is 4.39. The van der Waals surface area contributed by atoms with Gasteiger partial charge < -0.3 is 5.11 Å². The largest absolute Gasteiger partial charge is 0.393 e. The average molecular weight is 245 g/mol. The molecule has 16 heavy (non-hydrogen) atoms. The molecule has 3 nitrogen and oxygen atoms in total. The highest BCUT2D eigenvalue weighted by Crippen LogP contribution is 2.24. The summed E-state index contributed by atoms with van der Waals surface area (Å²) in [7, 11) is 0. The molecule has 1 N–H and O–H groups in total. The lowest BCUT2D eigenvalue weighted by Gasteiger charge is -2.25. The normalized spacial score (nSPS) is 14.1. The summed E-state index contributed by atoms with van der Waals surface area (Å²) in [6, 6.07) is 0. The highest BCUT2D eigenvalue weighted by Gasteiger charge is 2.22. The first-order valence-corrected chi connectivity index (χ1v) is 6.12. The minimum absolute atomic E-state index is 0.0798. The van der Waals surface area contributed by atoms with Crippen molar-refractivity contribution in [3.05, 3.63) is 16.9 Å². The highest BCUT2D eigenvalue weighted by atomic mass is 35.5. The Morgan fingerprint density at radius 1 is 1.50 bits per heavy atom. The van der Waals surface area contributed by atoms with Crippen LogP contribution in [0.15, 0.2) is 6.20 Å². The van der Waals surface area contributed by atoms with Gasteiger partial charge in [-0.25, -0.2) is 0 Å². The van der Waals surface area contributed by atoms with Gasteiger partial charge in [0.2, 0.25) is 0 Å². The van der Waals surface area contributed by atoms with Gasteiger partial charge in [0.15, 0.2) is 0 Å². The summed E-state index contributed by atoms with van der Waals surface area (Å²) in [5.74, 6) is 0. The Balaban J connectivity index is 2.64. The van der Waals surface area contributed by atoms with E-state index in [-0.39, 0.29) is 11.5 Å². The van der Waals surface area contributed by atoms with Crippen LogP contribution in [0.25, 0.3) is 0 Å². The van der Waals surface area contributed by atoms with Gasteiger partial charge in [0.1, 0.15) is 0 Å². The number of rotatable bonds is 4. The van der Waals surface area contributed by atoms with Crippen LogP contribution in [0.1, 0.15) is 39.8 Å². The molecule has 0 aliphatic rings. The maximum atomic E-state index is 9.97. The molecule has 1 heterocycles. The molecule has 1 rings (SSSR count). The van der Waals surface area contributed by atoms with Gasteiger partial charge in [-0.2, -0.15) is 5.10 Å².